The fraction of sp³-hybridized carbons (Fsp3) is 0.176. The summed E-state index contributed by atoms with van der Waals surface area (Å²) in [4.78, 5) is 9.17. The summed E-state index contributed by atoms with van der Waals surface area (Å²) >= 11 is 0. The average molecular weight is 263 g/mol. The van der Waals surface area contributed by atoms with Crippen molar-refractivity contribution in [2.45, 2.75) is 19.9 Å². The van der Waals surface area contributed by atoms with Crippen LogP contribution in [0.2, 0.25) is 0 Å². The van der Waals surface area contributed by atoms with Crippen LogP contribution in [0.3, 0.4) is 0 Å². The number of benzene rings is 2. The highest BCUT2D eigenvalue weighted by Gasteiger charge is 2.07. The van der Waals surface area contributed by atoms with Gasteiger partial charge >= 0.3 is 0 Å². The monoisotopic (exact) mass is 263 g/mol. The van der Waals surface area contributed by atoms with Crippen LogP contribution < -0.4 is 0 Å². The van der Waals surface area contributed by atoms with Gasteiger partial charge in [-0.1, -0.05) is 49.4 Å². The van der Waals surface area contributed by atoms with Gasteiger partial charge in [0.25, 0.3) is 0 Å². The summed E-state index contributed by atoms with van der Waals surface area (Å²) in [7, 11) is 0. The molecule has 0 bridgehead atoms. The zero-order valence-corrected chi connectivity index (χ0v) is 11.5. The molecule has 3 rings (SSSR count). The van der Waals surface area contributed by atoms with Crippen LogP contribution >= 0.6 is 0 Å². The van der Waals surface area contributed by atoms with Crippen LogP contribution in [0, 0.1) is 0 Å². The highest BCUT2D eigenvalue weighted by Crippen LogP contribution is 2.22. The smallest absolute Gasteiger partial charge is 0.230 e. The average Bonchev–Trinajstić information content (AvgIpc) is 2.85. The number of rotatable bonds is 4. The maximum absolute atomic E-state index is 4.61. The van der Waals surface area contributed by atoms with Gasteiger partial charge in [-0.05, 0) is 24.1 Å². The van der Waals surface area contributed by atoms with Gasteiger partial charge in [-0.25, -0.2) is 9.98 Å². The lowest BCUT2D eigenvalue weighted by atomic mass is 10.2. The van der Waals surface area contributed by atoms with E-state index >= 15 is 0 Å². The standard InChI is InChI=1S/C17H17N3/c1-2-12-20-16-11-7-6-10-15(16)19-17(20)18-13-14-8-4-3-5-9-14/h3-11,13H,2,12H2,1H3. The molecule has 3 nitrogen and oxygen atoms in total. The van der Waals surface area contributed by atoms with E-state index in [-0.39, 0.29) is 0 Å². The molecule has 20 heavy (non-hydrogen) atoms. The molecular weight excluding hydrogens is 246 g/mol. The van der Waals surface area contributed by atoms with E-state index in [2.05, 4.69) is 27.5 Å². The molecule has 0 aliphatic carbocycles. The first-order chi connectivity index (χ1) is 9.88. The van der Waals surface area contributed by atoms with E-state index < -0.39 is 0 Å². The second kappa shape index (κ2) is 5.70. The third kappa shape index (κ3) is 2.48. The van der Waals surface area contributed by atoms with Crippen LogP contribution in [0.15, 0.2) is 59.6 Å². The molecule has 0 fully saturated rings. The molecule has 0 spiro atoms. The Hall–Kier alpha value is -2.42. The van der Waals surface area contributed by atoms with Crippen LogP contribution in [0.1, 0.15) is 18.9 Å². The molecule has 3 heteroatoms. The van der Waals surface area contributed by atoms with Crippen molar-refractivity contribution in [2.75, 3.05) is 0 Å². The van der Waals surface area contributed by atoms with Crippen molar-refractivity contribution in [1.82, 2.24) is 9.55 Å². The lowest BCUT2D eigenvalue weighted by molar-refractivity contribution is 0.701. The Morgan fingerprint density at radius 3 is 2.60 bits per heavy atom. The molecule has 0 saturated heterocycles. The first-order valence-electron chi connectivity index (χ1n) is 6.93. The lowest BCUT2D eigenvalue weighted by Gasteiger charge is -2.03. The van der Waals surface area contributed by atoms with E-state index in [1.165, 1.54) is 0 Å². The topological polar surface area (TPSA) is 30.2 Å². The first kappa shape index (κ1) is 12.6. The number of aliphatic imine (C=N–C) groups is 1. The van der Waals surface area contributed by atoms with Gasteiger partial charge in [-0.15, -0.1) is 0 Å². The van der Waals surface area contributed by atoms with Crippen LogP contribution in [0.4, 0.5) is 5.95 Å². The minimum atomic E-state index is 0.775. The van der Waals surface area contributed by atoms with Gasteiger partial charge < -0.3 is 4.57 Å². The Balaban J connectivity index is 2.02. The summed E-state index contributed by atoms with van der Waals surface area (Å²) in [5.41, 5.74) is 3.23. The highest BCUT2D eigenvalue weighted by molar-refractivity contribution is 5.83. The summed E-state index contributed by atoms with van der Waals surface area (Å²) in [6, 6.07) is 18.3. The summed E-state index contributed by atoms with van der Waals surface area (Å²) < 4.78 is 2.18. The Kier molecular flexibility index (Phi) is 3.59. The van der Waals surface area contributed by atoms with Gasteiger partial charge in [-0.3, -0.25) is 0 Å². The molecule has 0 saturated carbocycles. The minimum Gasteiger partial charge on any atom is -0.308 e. The SMILES string of the molecule is CCCn1c(N=Cc2ccccc2)nc2ccccc21. The molecular formula is C17H17N3. The van der Waals surface area contributed by atoms with Crippen molar-refractivity contribution in [1.29, 1.82) is 0 Å². The number of hydrogen-bond donors (Lipinski definition) is 0. The molecule has 1 heterocycles. The van der Waals surface area contributed by atoms with E-state index in [1.807, 2.05) is 54.7 Å². The number of aryl methyl sites for hydroxylation is 1. The Morgan fingerprint density at radius 1 is 1.05 bits per heavy atom. The quantitative estimate of drug-likeness (QED) is 0.649. The van der Waals surface area contributed by atoms with Gasteiger partial charge in [0.2, 0.25) is 5.95 Å². The number of nitrogens with zero attached hydrogens (tertiary/aromatic N) is 3. The molecule has 0 amide bonds. The van der Waals surface area contributed by atoms with Gasteiger partial charge in [-0.2, -0.15) is 0 Å². The Bertz CT molecular complexity index is 726. The number of aromatic nitrogens is 2. The van der Waals surface area contributed by atoms with Crippen molar-refractivity contribution in [3.8, 4) is 0 Å². The number of para-hydroxylation sites is 2. The first-order valence-corrected chi connectivity index (χ1v) is 6.93. The van der Waals surface area contributed by atoms with E-state index in [0.717, 1.165) is 35.5 Å². The van der Waals surface area contributed by atoms with Gasteiger partial charge in [0, 0.05) is 12.8 Å². The van der Waals surface area contributed by atoms with Crippen molar-refractivity contribution in [2.24, 2.45) is 4.99 Å². The molecule has 2 aromatic carbocycles. The summed E-state index contributed by atoms with van der Waals surface area (Å²) in [6.45, 7) is 3.10. The van der Waals surface area contributed by atoms with Crippen molar-refractivity contribution >= 4 is 23.2 Å². The third-order valence-electron chi connectivity index (χ3n) is 3.21. The molecule has 0 N–H and O–H groups in total. The van der Waals surface area contributed by atoms with Crippen LogP contribution in [-0.4, -0.2) is 15.8 Å². The van der Waals surface area contributed by atoms with Gasteiger partial charge in [0.1, 0.15) is 0 Å². The second-order valence-corrected chi connectivity index (χ2v) is 4.72. The zero-order valence-electron chi connectivity index (χ0n) is 11.5. The fourth-order valence-corrected chi connectivity index (χ4v) is 2.28. The van der Waals surface area contributed by atoms with Crippen LogP contribution in [0.5, 0.6) is 0 Å². The van der Waals surface area contributed by atoms with Crippen molar-refractivity contribution < 1.29 is 0 Å². The lowest BCUT2D eigenvalue weighted by Crippen LogP contribution is -1.96. The van der Waals surface area contributed by atoms with E-state index in [0.29, 0.717) is 0 Å². The number of hydrogen-bond acceptors (Lipinski definition) is 2. The normalized spacial score (nSPS) is 11.4. The van der Waals surface area contributed by atoms with Crippen molar-refractivity contribution in [3.63, 3.8) is 0 Å². The Morgan fingerprint density at radius 2 is 1.80 bits per heavy atom. The number of imidazole rings is 1. The molecule has 0 aliphatic rings. The molecule has 1 aromatic heterocycles. The van der Waals surface area contributed by atoms with Gasteiger partial charge in [0.05, 0.1) is 11.0 Å². The predicted octanol–water partition coefficient (Wildman–Crippen LogP) is 4.20. The maximum atomic E-state index is 4.61. The van der Waals surface area contributed by atoms with E-state index in [1.54, 1.807) is 0 Å². The zero-order chi connectivity index (χ0) is 13.8. The summed E-state index contributed by atoms with van der Waals surface area (Å²) in [6.07, 6.45) is 2.93. The third-order valence-corrected chi connectivity index (χ3v) is 3.21. The van der Waals surface area contributed by atoms with Crippen molar-refractivity contribution in [3.05, 3.63) is 60.2 Å². The molecule has 0 radical (unpaired) electrons. The molecule has 100 valence electrons. The van der Waals surface area contributed by atoms with Crippen LogP contribution in [0.25, 0.3) is 11.0 Å². The predicted molar refractivity (Wildman–Crippen MR) is 83.7 cm³/mol. The highest BCUT2D eigenvalue weighted by atomic mass is 15.2. The van der Waals surface area contributed by atoms with E-state index in [4.69, 9.17) is 0 Å². The molecule has 3 aromatic rings. The summed E-state index contributed by atoms with van der Waals surface area (Å²) in [5.74, 6) is 0.775. The Labute approximate surface area is 118 Å². The van der Waals surface area contributed by atoms with Crippen LogP contribution in [-0.2, 0) is 6.54 Å². The van der Waals surface area contributed by atoms with Gasteiger partial charge in [0.15, 0.2) is 0 Å². The molecule has 0 aliphatic heterocycles. The fourth-order valence-electron chi connectivity index (χ4n) is 2.28. The molecule has 0 atom stereocenters. The maximum Gasteiger partial charge on any atom is 0.230 e. The minimum absolute atomic E-state index is 0.775. The van der Waals surface area contributed by atoms with E-state index in [9.17, 15) is 0 Å². The number of fused-ring (bicyclic) bond motifs is 1. The summed E-state index contributed by atoms with van der Waals surface area (Å²) in [5, 5.41) is 0. The molecule has 0 unspecified atom stereocenters. The largest absolute Gasteiger partial charge is 0.308 e. The second-order valence-electron chi connectivity index (χ2n) is 4.72.